The first kappa shape index (κ1) is 15.1. The summed E-state index contributed by atoms with van der Waals surface area (Å²) in [7, 11) is 0. The molecule has 0 heteroatoms. The summed E-state index contributed by atoms with van der Waals surface area (Å²) < 4.78 is 0. The first-order valence-corrected chi connectivity index (χ1v) is 7.77. The van der Waals surface area contributed by atoms with Crippen molar-refractivity contribution in [2.24, 2.45) is 35.0 Å². The normalized spacial score (nSPS) is 22.2. The molecule has 1 aliphatic rings. The second-order valence-electron chi connectivity index (χ2n) is 7.81. The maximum Gasteiger partial charge on any atom is -0.0292 e. The van der Waals surface area contributed by atoms with E-state index in [1.807, 2.05) is 0 Å². The molecule has 0 aliphatic heterocycles. The fraction of sp³-hybridized carbons (Fsp3) is 1.00. The largest absolute Gasteiger partial charge is 0.0628 e. The molecule has 17 heavy (non-hydrogen) atoms. The van der Waals surface area contributed by atoms with Crippen LogP contribution in [-0.4, -0.2) is 0 Å². The van der Waals surface area contributed by atoms with Gasteiger partial charge in [-0.1, -0.05) is 48.5 Å². The first-order valence-electron chi connectivity index (χ1n) is 7.77. The fourth-order valence-electron chi connectivity index (χ4n) is 3.56. The highest BCUT2D eigenvalue weighted by Crippen LogP contribution is 2.57. The van der Waals surface area contributed by atoms with E-state index in [1.165, 1.54) is 25.7 Å². The Bertz CT molecular complexity index is 220. The lowest BCUT2D eigenvalue weighted by atomic mass is 9.71. The minimum absolute atomic E-state index is 0.742. The van der Waals surface area contributed by atoms with Crippen LogP contribution in [0.2, 0.25) is 0 Å². The van der Waals surface area contributed by atoms with E-state index in [-0.39, 0.29) is 0 Å². The second kappa shape index (κ2) is 5.76. The highest BCUT2D eigenvalue weighted by molar-refractivity contribution is 4.96. The van der Waals surface area contributed by atoms with Crippen LogP contribution in [0.15, 0.2) is 0 Å². The van der Waals surface area contributed by atoms with Crippen LogP contribution >= 0.6 is 0 Å². The molecule has 0 aromatic carbocycles. The number of hydrogen-bond acceptors (Lipinski definition) is 0. The van der Waals surface area contributed by atoms with Crippen molar-refractivity contribution in [3.05, 3.63) is 0 Å². The van der Waals surface area contributed by atoms with Gasteiger partial charge >= 0.3 is 0 Å². The maximum absolute atomic E-state index is 2.47. The van der Waals surface area contributed by atoms with Crippen LogP contribution in [-0.2, 0) is 0 Å². The second-order valence-corrected chi connectivity index (χ2v) is 7.81. The van der Waals surface area contributed by atoms with E-state index in [1.54, 1.807) is 0 Å². The van der Waals surface area contributed by atoms with Crippen molar-refractivity contribution < 1.29 is 0 Å². The van der Waals surface area contributed by atoms with Gasteiger partial charge in [-0.05, 0) is 60.7 Å². The van der Waals surface area contributed by atoms with Crippen molar-refractivity contribution in [3.63, 3.8) is 0 Å². The molecule has 0 N–H and O–H groups in total. The van der Waals surface area contributed by atoms with E-state index in [9.17, 15) is 0 Å². The smallest absolute Gasteiger partial charge is 0.0292 e. The average Bonchev–Trinajstić information content (AvgIpc) is 2.92. The molecule has 2 unspecified atom stereocenters. The van der Waals surface area contributed by atoms with E-state index in [2.05, 4.69) is 48.5 Å². The summed E-state index contributed by atoms with van der Waals surface area (Å²) in [4.78, 5) is 0. The van der Waals surface area contributed by atoms with Crippen LogP contribution in [0.3, 0.4) is 0 Å². The molecule has 1 fully saturated rings. The molecule has 0 bridgehead atoms. The van der Waals surface area contributed by atoms with E-state index >= 15 is 0 Å². The third-order valence-electron chi connectivity index (χ3n) is 5.05. The van der Waals surface area contributed by atoms with Crippen molar-refractivity contribution in [2.45, 2.75) is 74.1 Å². The Labute approximate surface area is 110 Å². The van der Waals surface area contributed by atoms with E-state index in [0.29, 0.717) is 0 Å². The molecular formula is C17H34. The zero-order valence-corrected chi connectivity index (χ0v) is 13.2. The summed E-state index contributed by atoms with van der Waals surface area (Å²) in [6.45, 7) is 16.9. The summed E-state index contributed by atoms with van der Waals surface area (Å²) in [5, 5.41) is 0. The van der Waals surface area contributed by atoms with Gasteiger partial charge in [0.1, 0.15) is 0 Å². The molecular weight excluding hydrogens is 204 g/mol. The first-order chi connectivity index (χ1) is 7.77. The predicted molar refractivity (Wildman–Crippen MR) is 78.1 cm³/mol. The van der Waals surface area contributed by atoms with Crippen LogP contribution < -0.4 is 0 Å². The minimum Gasteiger partial charge on any atom is -0.0628 e. The summed E-state index contributed by atoms with van der Waals surface area (Å²) in [5.41, 5.74) is 0.742. The monoisotopic (exact) mass is 238 g/mol. The van der Waals surface area contributed by atoms with E-state index in [4.69, 9.17) is 0 Å². The zero-order chi connectivity index (χ0) is 13.2. The quantitative estimate of drug-likeness (QED) is 0.528. The van der Waals surface area contributed by atoms with Crippen molar-refractivity contribution in [1.82, 2.24) is 0 Å². The van der Waals surface area contributed by atoms with Gasteiger partial charge in [0.2, 0.25) is 0 Å². The Balaban J connectivity index is 2.61. The molecule has 1 rings (SSSR count). The molecule has 0 saturated heterocycles. The molecule has 0 aromatic heterocycles. The van der Waals surface area contributed by atoms with Crippen molar-refractivity contribution >= 4 is 0 Å². The topological polar surface area (TPSA) is 0 Å². The average molecular weight is 238 g/mol. The van der Waals surface area contributed by atoms with Gasteiger partial charge in [-0.2, -0.15) is 0 Å². The number of rotatable bonds is 7. The molecule has 2 atom stereocenters. The predicted octanol–water partition coefficient (Wildman–Crippen LogP) is 5.77. The van der Waals surface area contributed by atoms with Crippen molar-refractivity contribution in [1.29, 1.82) is 0 Å². The van der Waals surface area contributed by atoms with Crippen molar-refractivity contribution in [2.75, 3.05) is 0 Å². The molecule has 0 nitrogen and oxygen atoms in total. The minimum atomic E-state index is 0.742. The van der Waals surface area contributed by atoms with Crippen LogP contribution in [0, 0.1) is 35.0 Å². The van der Waals surface area contributed by atoms with E-state index < -0.39 is 0 Å². The molecule has 1 saturated carbocycles. The standard InChI is InChI=1S/C17H34/c1-12(2)10-17(8-9-17)11-16(14(5)6)15(7)13(3)4/h12-16H,8-11H2,1-7H3. The van der Waals surface area contributed by atoms with E-state index in [0.717, 1.165) is 35.0 Å². The maximum atomic E-state index is 2.47. The molecule has 0 aromatic rings. The molecule has 0 radical (unpaired) electrons. The summed E-state index contributed by atoms with van der Waals surface area (Å²) in [6.07, 6.45) is 5.95. The van der Waals surface area contributed by atoms with Crippen molar-refractivity contribution in [3.8, 4) is 0 Å². The van der Waals surface area contributed by atoms with Gasteiger partial charge in [0.15, 0.2) is 0 Å². The Morgan fingerprint density at radius 1 is 0.765 bits per heavy atom. The molecule has 1 aliphatic carbocycles. The van der Waals surface area contributed by atoms with Gasteiger partial charge in [-0.3, -0.25) is 0 Å². The van der Waals surface area contributed by atoms with Gasteiger partial charge in [-0.15, -0.1) is 0 Å². The zero-order valence-electron chi connectivity index (χ0n) is 13.2. The van der Waals surface area contributed by atoms with Crippen LogP contribution in [0.25, 0.3) is 0 Å². The Morgan fingerprint density at radius 2 is 1.29 bits per heavy atom. The van der Waals surface area contributed by atoms with Crippen LogP contribution in [0.4, 0.5) is 0 Å². The van der Waals surface area contributed by atoms with Gasteiger partial charge in [0, 0.05) is 0 Å². The molecule has 0 amide bonds. The Morgan fingerprint density at radius 3 is 1.59 bits per heavy atom. The molecule has 0 spiro atoms. The highest BCUT2D eigenvalue weighted by atomic mass is 14.5. The van der Waals surface area contributed by atoms with Crippen LogP contribution in [0.5, 0.6) is 0 Å². The van der Waals surface area contributed by atoms with Gasteiger partial charge in [0.25, 0.3) is 0 Å². The lowest BCUT2D eigenvalue weighted by Crippen LogP contribution is -2.26. The van der Waals surface area contributed by atoms with Crippen LogP contribution in [0.1, 0.15) is 74.1 Å². The third-order valence-corrected chi connectivity index (χ3v) is 5.05. The fourth-order valence-corrected chi connectivity index (χ4v) is 3.56. The summed E-state index contributed by atoms with van der Waals surface area (Å²) in [5.74, 6) is 4.35. The summed E-state index contributed by atoms with van der Waals surface area (Å²) in [6, 6.07) is 0. The lowest BCUT2D eigenvalue weighted by Gasteiger charge is -2.34. The van der Waals surface area contributed by atoms with Gasteiger partial charge in [0.05, 0.1) is 0 Å². The molecule has 102 valence electrons. The number of hydrogen-bond donors (Lipinski definition) is 0. The van der Waals surface area contributed by atoms with Gasteiger partial charge in [-0.25, -0.2) is 0 Å². The lowest BCUT2D eigenvalue weighted by molar-refractivity contribution is 0.157. The highest BCUT2D eigenvalue weighted by Gasteiger charge is 2.45. The Hall–Kier alpha value is 0. The SMILES string of the molecule is CC(C)CC1(CC(C(C)C)C(C)C(C)C)CC1. The van der Waals surface area contributed by atoms with Gasteiger partial charge < -0.3 is 0 Å². The summed E-state index contributed by atoms with van der Waals surface area (Å²) >= 11 is 0. The Kier molecular flexibility index (Phi) is 5.10. The third kappa shape index (κ3) is 4.30. The molecule has 0 heterocycles.